The Hall–Kier alpha value is -1.16. The maximum atomic E-state index is 6.17. The van der Waals surface area contributed by atoms with E-state index in [1.165, 1.54) is 18.5 Å². The van der Waals surface area contributed by atoms with E-state index in [9.17, 15) is 0 Å². The molecule has 2 aliphatic rings. The molecule has 1 aromatic heterocycles. The van der Waals surface area contributed by atoms with Gasteiger partial charge >= 0.3 is 0 Å². The van der Waals surface area contributed by atoms with Gasteiger partial charge in [-0.3, -0.25) is 0 Å². The molecule has 2 heterocycles. The van der Waals surface area contributed by atoms with Crippen molar-refractivity contribution < 1.29 is 0 Å². The fraction of sp³-hybridized carbons (Fsp3) is 0.636. The quantitative estimate of drug-likeness (QED) is 0.729. The highest BCUT2D eigenvalue weighted by Gasteiger charge is 2.39. The monoisotopic (exact) mass is 204 g/mol. The van der Waals surface area contributed by atoms with Crippen molar-refractivity contribution in [2.45, 2.75) is 18.9 Å². The zero-order valence-corrected chi connectivity index (χ0v) is 8.71. The molecule has 1 saturated carbocycles. The van der Waals surface area contributed by atoms with E-state index in [0.717, 1.165) is 13.1 Å². The number of fused-ring (bicyclic) bond motifs is 2. The van der Waals surface area contributed by atoms with E-state index in [1.807, 2.05) is 12.3 Å². The number of anilines is 1. The third-order valence-corrected chi connectivity index (χ3v) is 3.84. The van der Waals surface area contributed by atoms with Crippen LogP contribution in [0.4, 0.5) is 5.69 Å². The topological polar surface area (TPSA) is 55.0 Å². The number of hydrogen-bond acceptors (Lipinski definition) is 4. The lowest BCUT2D eigenvalue weighted by Gasteiger charge is -2.37. The van der Waals surface area contributed by atoms with Crippen LogP contribution >= 0.6 is 0 Å². The summed E-state index contributed by atoms with van der Waals surface area (Å²) in [5.41, 5.74) is 7.36. The second-order valence-corrected chi connectivity index (χ2v) is 4.68. The predicted molar refractivity (Wildman–Crippen MR) is 58.4 cm³/mol. The van der Waals surface area contributed by atoms with Gasteiger partial charge in [0, 0.05) is 19.1 Å². The van der Waals surface area contributed by atoms with Crippen LogP contribution < -0.4 is 10.6 Å². The molecule has 1 unspecified atom stereocenters. The lowest BCUT2D eigenvalue weighted by molar-refractivity contribution is 0.356. The van der Waals surface area contributed by atoms with Crippen molar-refractivity contribution in [3.8, 4) is 0 Å². The molecular formula is C11H16N4. The predicted octanol–water partition coefficient (Wildman–Crippen LogP) is 0.650. The third-order valence-electron chi connectivity index (χ3n) is 3.84. The van der Waals surface area contributed by atoms with Gasteiger partial charge in [-0.15, -0.1) is 0 Å². The van der Waals surface area contributed by atoms with Gasteiger partial charge in [0.15, 0.2) is 0 Å². The largest absolute Gasteiger partial charge is 0.370 e. The molecule has 3 rings (SSSR count). The maximum Gasteiger partial charge on any atom is 0.0729 e. The molecule has 0 spiro atoms. The first kappa shape index (κ1) is 9.09. The minimum absolute atomic E-state index is 0.427. The Morgan fingerprint density at radius 2 is 1.93 bits per heavy atom. The van der Waals surface area contributed by atoms with Crippen LogP contribution in [-0.4, -0.2) is 29.3 Å². The van der Waals surface area contributed by atoms with Gasteiger partial charge in [-0.25, -0.2) is 0 Å². The Morgan fingerprint density at radius 3 is 2.53 bits per heavy atom. The number of rotatable bonds is 1. The molecule has 0 amide bonds. The number of hydrogen-bond donors (Lipinski definition) is 1. The summed E-state index contributed by atoms with van der Waals surface area (Å²) < 4.78 is 0. The van der Waals surface area contributed by atoms with Crippen LogP contribution in [0.25, 0.3) is 0 Å². The normalized spacial score (nSPS) is 34.5. The minimum Gasteiger partial charge on any atom is -0.370 e. The summed E-state index contributed by atoms with van der Waals surface area (Å²) >= 11 is 0. The van der Waals surface area contributed by atoms with Crippen LogP contribution in [0, 0.1) is 11.8 Å². The molecule has 2 N–H and O–H groups in total. The molecule has 15 heavy (non-hydrogen) atoms. The molecule has 0 radical (unpaired) electrons. The molecule has 4 nitrogen and oxygen atoms in total. The summed E-state index contributed by atoms with van der Waals surface area (Å²) in [7, 11) is 0. The van der Waals surface area contributed by atoms with Crippen LogP contribution in [0.15, 0.2) is 18.5 Å². The van der Waals surface area contributed by atoms with Crippen LogP contribution in [0.3, 0.4) is 0 Å². The smallest absolute Gasteiger partial charge is 0.0729 e. The average Bonchev–Trinajstić information content (AvgIpc) is 2.54. The Kier molecular flexibility index (Phi) is 2.09. The Morgan fingerprint density at radius 1 is 1.20 bits per heavy atom. The SMILES string of the molecule is NC1[C@@H]2CC[C@H]1CN(c1ccnnc1)C2. The van der Waals surface area contributed by atoms with Gasteiger partial charge in [0.25, 0.3) is 0 Å². The Bertz CT molecular complexity index is 326. The summed E-state index contributed by atoms with van der Waals surface area (Å²) in [6.45, 7) is 2.17. The average molecular weight is 204 g/mol. The van der Waals surface area contributed by atoms with E-state index in [0.29, 0.717) is 17.9 Å². The van der Waals surface area contributed by atoms with Crippen molar-refractivity contribution >= 4 is 5.69 Å². The lowest BCUT2D eigenvalue weighted by Crippen LogP contribution is -2.48. The first-order valence-electron chi connectivity index (χ1n) is 5.62. The van der Waals surface area contributed by atoms with Gasteiger partial charge in [-0.2, -0.15) is 10.2 Å². The highest BCUT2D eigenvalue weighted by molar-refractivity contribution is 5.44. The van der Waals surface area contributed by atoms with E-state index >= 15 is 0 Å². The van der Waals surface area contributed by atoms with Crippen LogP contribution in [0.2, 0.25) is 0 Å². The fourth-order valence-corrected chi connectivity index (χ4v) is 2.95. The van der Waals surface area contributed by atoms with E-state index in [-0.39, 0.29) is 0 Å². The first-order chi connectivity index (χ1) is 7.34. The summed E-state index contributed by atoms with van der Waals surface area (Å²) in [5, 5.41) is 7.73. The van der Waals surface area contributed by atoms with Gasteiger partial charge in [0.05, 0.1) is 18.1 Å². The van der Waals surface area contributed by atoms with Crippen molar-refractivity contribution in [2.75, 3.05) is 18.0 Å². The zero-order valence-electron chi connectivity index (χ0n) is 8.71. The molecule has 4 heteroatoms. The molecule has 1 aliphatic heterocycles. The maximum absolute atomic E-state index is 6.17. The fourth-order valence-electron chi connectivity index (χ4n) is 2.95. The van der Waals surface area contributed by atoms with Crippen molar-refractivity contribution in [3.05, 3.63) is 18.5 Å². The van der Waals surface area contributed by atoms with Gasteiger partial charge < -0.3 is 10.6 Å². The number of piperidine rings is 1. The molecule has 1 aliphatic carbocycles. The lowest BCUT2D eigenvalue weighted by atomic mass is 9.93. The van der Waals surface area contributed by atoms with Gasteiger partial charge in [-0.05, 0) is 30.7 Å². The second kappa shape index (κ2) is 3.45. The number of nitrogens with two attached hydrogens (primary N) is 1. The van der Waals surface area contributed by atoms with Crippen LogP contribution in [0.5, 0.6) is 0 Å². The first-order valence-corrected chi connectivity index (χ1v) is 5.62. The molecule has 0 aromatic carbocycles. The van der Waals surface area contributed by atoms with Crippen molar-refractivity contribution in [1.29, 1.82) is 0 Å². The van der Waals surface area contributed by atoms with E-state index in [1.54, 1.807) is 6.20 Å². The molecule has 1 aromatic rings. The Balaban J connectivity index is 1.81. The highest BCUT2D eigenvalue weighted by atomic mass is 15.2. The van der Waals surface area contributed by atoms with E-state index in [4.69, 9.17) is 5.73 Å². The van der Waals surface area contributed by atoms with E-state index < -0.39 is 0 Å². The standard InChI is InChI=1S/C11H16N4/c12-11-8-1-2-9(11)7-15(6-8)10-3-4-13-14-5-10/h3-5,8-9,11H,1-2,6-7,12H2/t8-,9+,11?. The van der Waals surface area contributed by atoms with Gasteiger partial charge in [0.1, 0.15) is 0 Å². The summed E-state index contributed by atoms with van der Waals surface area (Å²) in [4.78, 5) is 2.40. The molecule has 80 valence electrons. The summed E-state index contributed by atoms with van der Waals surface area (Å²) in [5.74, 6) is 1.36. The summed E-state index contributed by atoms with van der Waals surface area (Å²) in [6, 6.07) is 2.46. The molecule has 1 saturated heterocycles. The third kappa shape index (κ3) is 1.49. The molecule has 2 bridgehead atoms. The molecular weight excluding hydrogens is 188 g/mol. The number of nitrogens with zero attached hydrogens (tertiary/aromatic N) is 3. The van der Waals surface area contributed by atoms with Crippen molar-refractivity contribution in [2.24, 2.45) is 17.6 Å². The second-order valence-electron chi connectivity index (χ2n) is 4.68. The number of aromatic nitrogens is 2. The van der Waals surface area contributed by atoms with Crippen LogP contribution in [0.1, 0.15) is 12.8 Å². The van der Waals surface area contributed by atoms with Gasteiger partial charge in [-0.1, -0.05) is 0 Å². The van der Waals surface area contributed by atoms with Crippen molar-refractivity contribution in [3.63, 3.8) is 0 Å². The van der Waals surface area contributed by atoms with E-state index in [2.05, 4.69) is 15.1 Å². The summed E-state index contributed by atoms with van der Waals surface area (Å²) in [6.07, 6.45) is 6.18. The molecule has 2 fully saturated rings. The van der Waals surface area contributed by atoms with Crippen LogP contribution in [-0.2, 0) is 0 Å². The van der Waals surface area contributed by atoms with Gasteiger partial charge in [0.2, 0.25) is 0 Å². The minimum atomic E-state index is 0.427. The Labute approximate surface area is 89.5 Å². The zero-order chi connectivity index (χ0) is 10.3. The highest BCUT2D eigenvalue weighted by Crippen LogP contribution is 2.37. The molecule has 3 atom stereocenters. The van der Waals surface area contributed by atoms with Crippen molar-refractivity contribution in [1.82, 2.24) is 10.2 Å².